The van der Waals surface area contributed by atoms with E-state index in [0.717, 1.165) is 114 Å². The van der Waals surface area contributed by atoms with Crippen LogP contribution in [0, 0.1) is 17.9 Å². The molecular formula is C60H30N6OS. The number of thiophene rings is 1. The molecule has 312 valence electrons. The number of pyridine rings is 2. The van der Waals surface area contributed by atoms with E-state index in [0.29, 0.717) is 28.2 Å². The van der Waals surface area contributed by atoms with Gasteiger partial charge in [-0.15, -0.1) is 11.3 Å². The van der Waals surface area contributed by atoms with Gasteiger partial charge in [0.25, 0.3) is 0 Å². The third-order valence-corrected chi connectivity index (χ3v) is 15.3. The summed E-state index contributed by atoms with van der Waals surface area (Å²) in [6.07, 6.45) is 7.74. The fourth-order valence-electron chi connectivity index (χ4n) is 11.4. The molecule has 0 unspecified atom stereocenters. The summed E-state index contributed by atoms with van der Waals surface area (Å²) in [4.78, 5) is 14.4. The highest BCUT2D eigenvalue weighted by molar-refractivity contribution is 7.26. The van der Waals surface area contributed by atoms with E-state index in [9.17, 15) is 11.8 Å². The van der Waals surface area contributed by atoms with Gasteiger partial charge in [-0.25, -0.2) is 4.85 Å². The molecule has 0 spiro atoms. The second-order valence-electron chi connectivity index (χ2n) is 17.4. The predicted molar refractivity (Wildman–Crippen MR) is 279 cm³/mol. The number of aromatic nitrogens is 4. The van der Waals surface area contributed by atoms with E-state index in [1.54, 1.807) is 11.3 Å². The second-order valence-corrected chi connectivity index (χ2v) is 18.4. The van der Waals surface area contributed by atoms with Crippen molar-refractivity contribution in [3.8, 4) is 39.7 Å². The number of nitriles is 1. The van der Waals surface area contributed by atoms with E-state index in [-0.39, 0.29) is 0 Å². The summed E-state index contributed by atoms with van der Waals surface area (Å²) in [5.41, 5.74) is 9.88. The van der Waals surface area contributed by atoms with Crippen LogP contribution in [0.25, 0.3) is 146 Å². The molecule has 7 nitrogen and oxygen atoms in total. The van der Waals surface area contributed by atoms with Gasteiger partial charge in [0.05, 0.1) is 62.7 Å². The highest BCUT2D eigenvalue weighted by Gasteiger charge is 2.34. The van der Waals surface area contributed by atoms with Gasteiger partial charge in [-0.3, -0.25) is 9.97 Å². The van der Waals surface area contributed by atoms with Gasteiger partial charge in [-0.05, 0) is 40.1 Å². The molecule has 0 saturated carbocycles. The monoisotopic (exact) mass is 882 g/mol. The van der Waals surface area contributed by atoms with E-state index in [1.807, 2.05) is 91.5 Å². The molecule has 0 radical (unpaired) electrons. The van der Waals surface area contributed by atoms with Crippen molar-refractivity contribution in [2.45, 2.75) is 0 Å². The van der Waals surface area contributed by atoms with Crippen LogP contribution in [0.2, 0.25) is 0 Å². The van der Waals surface area contributed by atoms with Gasteiger partial charge < -0.3 is 13.6 Å². The fraction of sp³-hybridized carbons (Fsp3) is 0. The van der Waals surface area contributed by atoms with Gasteiger partial charge in [0.2, 0.25) is 5.69 Å². The minimum Gasteiger partial charge on any atom is -0.454 e. The highest BCUT2D eigenvalue weighted by Crippen LogP contribution is 2.55. The first-order chi connectivity index (χ1) is 33.7. The molecule has 0 fully saturated rings. The number of hydrogen-bond acceptors (Lipinski definition) is 5. The van der Waals surface area contributed by atoms with Gasteiger partial charge in [0, 0.05) is 82.1 Å². The number of rotatable bonds is 4. The molecule has 0 aliphatic carbocycles. The van der Waals surface area contributed by atoms with Gasteiger partial charge in [0.1, 0.15) is 11.7 Å². The lowest BCUT2D eigenvalue weighted by Gasteiger charge is -2.25. The minimum atomic E-state index is 0.350. The van der Waals surface area contributed by atoms with E-state index >= 15 is 0 Å². The van der Waals surface area contributed by atoms with Crippen molar-refractivity contribution >= 4 is 124 Å². The molecule has 6 heterocycles. The molecule has 8 heteroatoms. The first-order valence-electron chi connectivity index (χ1n) is 22.4. The summed E-state index contributed by atoms with van der Waals surface area (Å²) in [6, 6.07) is 56.9. The number of fused-ring (bicyclic) bond motifs is 14. The van der Waals surface area contributed by atoms with Gasteiger partial charge in [-0.1, -0.05) is 140 Å². The molecule has 0 bridgehead atoms. The normalized spacial score (nSPS) is 12.1. The molecule has 0 aliphatic heterocycles. The summed E-state index contributed by atoms with van der Waals surface area (Å²) in [5, 5.41) is 24.7. The maximum absolute atomic E-state index is 12.1. The van der Waals surface area contributed by atoms with Crippen LogP contribution in [0.15, 0.2) is 187 Å². The largest absolute Gasteiger partial charge is 0.454 e. The minimum absolute atomic E-state index is 0.350. The summed E-state index contributed by atoms with van der Waals surface area (Å²) >= 11 is 1.75. The van der Waals surface area contributed by atoms with Crippen LogP contribution < -0.4 is 0 Å². The van der Waals surface area contributed by atoms with Crippen LogP contribution in [0.3, 0.4) is 0 Å². The summed E-state index contributed by atoms with van der Waals surface area (Å²) < 4.78 is 13.8. The standard InChI is InChI=1S/C60H30N6OS/c1-62-54-50(33-14-4-2-5-15-33)43(28-61)55(51(34-16-6-3-7-17-34)58(54)65-46-31-63-29-44-35-18-8-9-19-36(35)45-30-64-32-47(65)53(45)52(44)46)66-56-39(24-26-41-37-20-10-12-22-48(37)67-59(41)56)40-25-27-42-38-21-11-13-23-49(38)68-60(42)57(40)66/h2-27,29-32H. The van der Waals surface area contributed by atoms with Crippen LogP contribution in [0.4, 0.5) is 5.69 Å². The maximum atomic E-state index is 12.1. The van der Waals surface area contributed by atoms with Crippen molar-refractivity contribution in [3.05, 3.63) is 199 Å². The Balaban J connectivity index is 1.26. The van der Waals surface area contributed by atoms with Gasteiger partial charge in [-0.2, -0.15) is 5.26 Å². The Morgan fingerprint density at radius 1 is 0.500 bits per heavy atom. The van der Waals surface area contributed by atoms with Crippen LogP contribution in [0.1, 0.15) is 5.56 Å². The SMILES string of the molecule is [C-]#[N+]c1c(-c2ccccc2)c(C#N)c(-n2c3c(ccc4c5ccccc5oc43)c3ccc4c5ccccc5sc4c32)c(-c2ccccc2)c1-n1c2cncc3c4ccccc4c4cncc1c4c32. The Labute approximate surface area is 390 Å². The topological polar surface area (TPSA) is 76.9 Å². The molecule has 0 saturated heterocycles. The van der Waals surface area contributed by atoms with Gasteiger partial charge >= 0.3 is 0 Å². The molecule has 0 aliphatic rings. The zero-order chi connectivity index (χ0) is 44.8. The molecule has 0 amide bonds. The van der Waals surface area contributed by atoms with E-state index < -0.39 is 0 Å². The van der Waals surface area contributed by atoms with Crippen LogP contribution >= 0.6 is 11.3 Å². The van der Waals surface area contributed by atoms with Crippen LogP contribution in [0.5, 0.6) is 0 Å². The number of hydrogen-bond donors (Lipinski definition) is 0. The quantitative estimate of drug-likeness (QED) is 0.130. The Kier molecular flexibility index (Phi) is 7.39. The molecule has 0 N–H and O–H groups in total. The molecular weight excluding hydrogens is 853 g/mol. The Hall–Kier alpha value is -9.34. The van der Waals surface area contributed by atoms with Crippen LogP contribution in [-0.4, -0.2) is 19.1 Å². The lowest BCUT2D eigenvalue weighted by molar-refractivity contribution is 0.671. The molecule has 68 heavy (non-hydrogen) atoms. The first kappa shape index (κ1) is 36.9. The molecule has 0 atom stereocenters. The zero-order valence-electron chi connectivity index (χ0n) is 35.8. The number of benzene rings is 9. The third kappa shape index (κ3) is 4.68. The second kappa shape index (κ2) is 13.6. The predicted octanol–water partition coefficient (Wildman–Crippen LogP) is 16.4. The Bertz CT molecular complexity index is 4540. The lowest BCUT2D eigenvalue weighted by atomic mass is 9.88. The summed E-state index contributed by atoms with van der Waals surface area (Å²) in [5.74, 6) is 0. The average Bonchev–Trinajstić information content (AvgIpc) is 4.16. The molecule has 6 aromatic heterocycles. The van der Waals surface area contributed by atoms with E-state index in [4.69, 9.17) is 14.4 Å². The fourth-order valence-corrected chi connectivity index (χ4v) is 12.6. The maximum Gasteiger partial charge on any atom is 0.220 e. The van der Waals surface area contributed by atoms with Crippen molar-refractivity contribution in [3.63, 3.8) is 0 Å². The van der Waals surface area contributed by atoms with Crippen molar-refractivity contribution in [2.24, 2.45) is 0 Å². The average molecular weight is 883 g/mol. The number of furan rings is 1. The highest BCUT2D eigenvalue weighted by atomic mass is 32.1. The van der Waals surface area contributed by atoms with Crippen molar-refractivity contribution in [1.29, 1.82) is 5.26 Å². The third-order valence-electron chi connectivity index (χ3n) is 14.1. The van der Waals surface area contributed by atoms with E-state index in [2.05, 4.69) is 111 Å². The summed E-state index contributed by atoms with van der Waals surface area (Å²) in [7, 11) is 0. The lowest BCUT2D eigenvalue weighted by Crippen LogP contribution is -2.09. The molecule has 9 aromatic carbocycles. The van der Waals surface area contributed by atoms with Crippen molar-refractivity contribution < 1.29 is 4.42 Å². The van der Waals surface area contributed by atoms with Crippen molar-refractivity contribution in [1.82, 2.24) is 19.1 Å². The Morgan fingerprint density at radius 3 is 1.72 bits per heavy atom. The number of para-hydroxylation sites is 1. The summed E-state index contributed by atoms with van der Waals surface area (Å²) in [6.45, 7) is 9.32. The van der Waals surface area contributed by atoms with E-state index in [1.165, 1.54) is 10.1 Å². The van der Waals surface area contributed by atoms with Crippen LogP contribution in [-0.2, 0) is 0 Å². The Morgan fingerprint density at radius 2 is 1.06 bits per heavy atom. The first-order valence-corrected chi connectivity index (χ1v) is 23.2. The zero-order valence-corrected chi connectivity index (χ0v) is 36.6. The number of nitrogens with zero attached hydrogens (tertiary/aromatic N) is 6. The van der Waals surface area contributed by atoms with Crippen molar-refractivity contribution in [2.75, 3.05) is 0 Å². The van der Waals surface area contributed by atoms with Gasteiger partial charge in [0.15, 0.2) is 5.58 Å². The molecule has 15 rings (SSSR count). The molecule has 15 aromatic rings. The smallest absolute Gasteiger partial charge is 0.220 e.